The molecule has 0 aromatic carbocycles. The van der Waals surface area contributed by atoms with Crippen LogP contribution in [-0.2, 0) is 11.2 Å². The SMILES string of the molecule is CCCc1nc(N)nc(NCC(O)COC)n1. The highest BCUT2D eigenvalue weighted by atomic mass is 16.5. The average molecular weight is 241 g/mol. The van der Waals surface area contributed by atoms with Crippen LogP contribution in [-0.4, -0.2) is 46.4 Å². The molecule has 7 heteroatoms. The molecule has 0 aliphatic carbocycles. The smallest absolute Gasteiger partial charge is 0.227 e. The number of anilines is 2. The Bertz CT molecular complexity index is 347. The molecule has 1 aromatic rings. The van der Waals surface area contributed by atoms with E-state index in [0.29, 0.717) is 18.3 Å². The summed E-state index contributed by atoms with van der Waals surface area (Å²) in [6.45, 7) is 2.60. The Kier molecular flexibility index (Phi) is 5.58. The summed E-state index contributed by atoms with van der Waals surface area (Å²) in [5.41, 5.74) is 5.57. The molecule has 1 unspecified atom stereocenters. The average Bonchev–Trinajstić information content (AvgIpc) is 2.26. The van der Waals surface area contributed by atoms with Crippen LogP contribution in [0.5, 0.6) is 0 Å². The van der Waals surface area contributed by atoms with E-state index in [0.717, 1.165) is 12.8 Å². The molecule has 1 rings (SSSR count). The maximum absolute atomic E-state index is 9.46. The number of nitrogens with zero attached hydrogens (tertiary/aromatic N) is 3. The molecule has 0 radical (unpaired) electrons. The molecule has 0 aliphatic rings. The van der Waals surface area contributed by atoms with Gasteiger partial charge in [-0.15, -0.1) is 0 Å². The zero-order chi connectivity index (χ0) is 12.7. The molecule has 96 valence electrons. The third-order valence-corrected chi connectivity index (χ3v) is 2.03. The van der Waals surface area contributed by atoms with E-state index in [2.05, 4.69) is 20.3 Å². The number of aliphatic hydroxyl groups excluding tert-OH is 1. The van der Waals surface area contributed by atoms with E-state index >= 15 is 0 Å². The fraction of sp³-hybridized carbons (Fsp3) is 0.700. The second-order valence-electron chi connectivity index (χ2n) is 3.67. The van der Waals surface area contributed by atoms with Gasteiger partial charge >= 0.3 is 0 Å². The third kappa shape index (κ3) is 4.92. The predicted molar refractivity (Wildman–Crippen MR) is 64.6 cm³/mol. The van der Waals surface area contributed by atoms with Crippen molar-refractivity contribution >= 4 is 11.9 Å². The van der Waals surface area contributed by atoms with Crippen LogP contribution in [0.2, 0.25) is 0 Å². The monoisotopic (exact) mass is 241 g/mol. The Balaban J connectivity index is 2.57. The minimum Gasteiger partial charge on any atom is -0.389 e. The van der Waals surface area contributed by atoms with Crippen LogP contribution >= 0.6 is 0 Å². The van der Waals surface area contributed by atoms with Gasteiger partial charge in [-0.1, -0.05) is 6.92 Å². The molecule has 0 amide bonds. The number of nitrogens with one attached hydrogen (secondary N) is 1. The fourth-order valence-corrected chi connectivity index (χ4v) is 1.31. The molecule has 7 nitrogen and oxygen atoms in total. The molecule has 1 aromatic heterocycles. The Morgan fingerprint density at radius 3 is 2.82 bits per heavy atom. The van der Waals surface area contributed by atoms with Gasteiger partial charge in [0, 0.05) is 20.1 Å². The highest BCUT2D eigenvalue weighted by molar-refractivity contribution is 5.31. The topological polar surface area (TPSA) is 106 Å². The van der Waals surface area contributed by atoms with Gasteiger partial charge in [-0.25, -0.2) is 0 Å². The van der Waals surface area contributed by atoms with E-state index in [4.69, 9.17) is 10.5 Å². The molecule has 0 aliphatic heterocycles. The van der Waals surface area contributed by atoms with Gasteiger partial charge in [0.2, 0.25) is 11.9 Å². The van der Waals surface area contributed by atoms with Crippen molar-refractivity contribution in [2.45, 2.75) is 25.9 Å². The number of hydrogen-bond donors (Lipinski definition) is 3. The van der Waals surface area contributed by atoms with Crippen molar-refractivity contribution < 1.29 is 9.84 Å². The van der Waals surface area contributed by atoms with Crippen molar-refractivity contribution in [2.75, 3.05) is 31.3 Å². The lowest BCUT2D eigenvalue weighted by atomic mass is 10.3. The van der Waals surface area contributed by atoms with Crippen LogP contribution in [0.1, 0.15) is 19.2 Å². The van der Waals surface area contributed by atoms with E-state index in [9.17, 15) is 5.11 Å². The first-order chi connectivity index (χ1) is 8.15. The molecule has 0 bridgehead atoms. The lowest BCUT2D eigenvalue weighted by molar-refractivity contribution is 0.0726. The van der Waals surface area contributed by atoms with Crippen molar-refractivity contribution in [1.29, 1.82) is 0 Å². The van der Waals surface area contributed by atoms with E-state index < -0.39 is 6.10 Å². The number of hydrogen-bond acceptors (Lipinski definition) is 7. The van der Waals surface area contributed by atoms with E-state index in [-0.39, 0.29) is 12.6 Å². The number of aliphatic hydroxyl groups is 1. The Hall–Kier alpha value is -1.47. The molecule has 1 heterocycles. The van der Waals surface area contributed by atoms with Gasteiger partial charge in [-0.3, -0.25) is 0 Å². The van der Waals surface area contributed by atoms with Crippen molar-refractivity contribution in [2.24, 2.45) is 0 Å². The molecular weight excluding hydrogens is 222 g/mol. The Morgan fingerprint density at radius 1 is 1.41 bits per heavy atom. The van der Waals surface area contributed by atoms with E-state index in [1.807, 2.05) is 6.92 Å². The summed E-state index contributed by atoms with van der Waals surface area (Å²) >= 11 is 0. The molecule has 0 spiro atoms. The maximum atomic E-state index is 9.46. The van der Waals surface area contributed by atoms with E-state index in [1.165, 1.54) is 7.11 Å². The highest BCUT2D eigenvalue weighted by Gasteiger charge is 2.06. The number of aryl methyl sites for hydroxylation is 1. The first-order valence-corrected chi connectivity index (χ1v) is 5.57. The summed E-state index contributed by atoms with van der Waals surface area (Å²) in [6, 6.07) is 0. The molecule has 0 saturated carbocycles. The second kappa shape index (κ2) is 6.97. The largest absolute Gasteiger partial charge is 0.389 e. The number of nitrogens with two attached hydrogens (primary N) is 1. The molecule has 0 fully saturated rings. The lowest BCUT2D eigenvalue weighted by Crippen LogP contribution is -2.25. The van der Waals surface area contributed by atoms with Gasteiger partial charge in [-0.05, 0) is 6.42 Å². The van der Waals surface area contributed by atoms with Gasteiger partial charge < -0.3 is 20.9 Å². The fourth-order valence-electron chi connectivity index (χ4n) is 1.31. The number of aromatic nitrogens is 3. The van der Waals surface area contributed by atoms with Crippen molar-refractivity contribution in [1.82, 2.24) is 15.0 Å². The van der Waals surface area contributed by atoms with Gasteiger partial charge in [0.15, 0.2) is 0 Å². The van der Waals surface area contributed by atoms with E-state index in [1.54, 1.807) is 0 Å². The standard InChI is InChI=1S/C10H19N5O2/c1-3-4-8-13-9(11)15-10(14-8)12-5-7(16)6-17-2/h7,16H,3-6H2,1-2H3,(H3,11,12,13,14,15). The quantitative estimate of drug-likeness (QED) is 0.608. The zero-order valence-electron chi connectivity index (χ0n) is 10.2. The Labute approximate surface area is 100 Å². The molecule has 1 atom stereocenters. The summed E-state index contributed by atoms with van der Waals surface area (Å²) in [6.07, 6.45) is 1.09. The van der Waals surface area contributed by atoms with Crippen LogP contribution in [0.3, 0.4) is 0 Å². The first-order valence-electron chi connectivity index (χ1n) is 5.57. The van der Waals surface area contributed by atoms with Crippen molar-refractivity contribution in [3.63, 3.8) is 0 Å². The summed E-state index contributed by atoms with van der Waals surface area (Å²) in [5.74, 6) is 1.23. The van der Waals surface area contributed by atoms with Gasteiger partial charge in [0.25, 0.3) is 0 Å². The third-order valence-electron chi connectivity index (χ3n) is 2.03. The van der Waals surface area contributed by atoms with Gasteiger partial charge in [0.05, 0.1) is 12.7 Å². The number of ether oxygens (including phenoxy) is 1. The van der Waals surface area contributed by atoms with Crippen molar-refractivity contribution in [3.05, 3.63) is 5.82 Å². The molecule has 0 saturated heterocycles. The van der Waals surface area contributed by atoms with Crippen LogP contribution in [0.4, 0.5) is 11.9 Å². The van der Waals surface area contributed by atoms with Crippen LogP contribution in [0.15, 0.2) is 0 Å². The minimum atomic E-state index is -0.604. The Morgan fingerprint density at radius 2 is 2.18 bits per heavy atom. The highest BCUT2D eigenvalue weighted by Crippen LogP contribution is 2.04. The number of rotatable bonds is 7. The van der Waals surface area contributed by atoms with Gasteiger partial charge in [0.1, 0.15) is 5.82 Å². The van der Waals surface area contributed by atoms with Crippen molar-refractivity contribution in [3.8, 4) is 0 Å². The normalized spacial score (nSPS) is 12.4. The predicted octanol–water partition coefficient (Wildman–Crippen LogP) is -0.174. The zero-order valence-corrected chi connectivity index (χ0v) is 10.2. The molecule has 4 N–H and O–H groups in total. The van der Waals surface area contributed by atoms with Crippen LogP contribution < -0.4 is 11.1 Å². The maximum Gasteiger partial charge on any atom is 0.227 e. The molecular formula is C10H19N5O2. The lowest BCUT2D eigenvalue weighted by Gasteiger charge is -2.11. The summed E-state index contributed by atoms with van der Waals surface area (Å²) < 4.78 is 4.81. The number of methoxy groups -OCH3 is 1. The summed E-state index contributed by atoms with van der Waals surface area (Å²) in [7, 11) is 1.53. The number of nitrogen functional groups attached to an aromatic ring is 1. The first kappa shape index (κ1) is 13.6. The van der Waals surface area contributed by atoms with Crippen LogP contribution in [0, 0.1) is 0 Å². The van der Waals surface area contributed by atoms with Crippen LogP contribution in [0.25, 0.3) is 0 Å². The molecule has 17 heavy (non-hydrogen) atoms. The summed E-state index contributed by atoms with van der Waals surface area (Å²) in [4.78, 5) is 12.1. The summed E-state index contributed by atoms with van der Waals surface area (Å²) in [5, 5.41) is 12.4. The second-order valence-corrected chi connectivity index (χ2v) is 3.67. The van der Waals surface area contributed by atoms with Gasteiger partial charge in [-0.2, -0.15) is 15.0 Å². The minimum absolute atomic E-state index is 0.187.